The summed E-state index contributed by atoms with van der Waals surface area (Å²) in [5.41, 5.74) is 2.36. The highest BCUT2D eigenvalue weighted by atomic mass is 32.2. The Kier molecular flexibility index (Phi) is 6.60. The maximum atomic E-state index is 11.6. The van der Waals surface area contributed by atoms with Crippen LogP contribution < -0.4 is 9.47 Å². The van der Waals surface area contributed by atoms with Gasteiger partial charge in [-0.15, -0.1) is 0 Å². The highest BCUT2D eigenvalue weighted by Crippen LogP contribution is 2.32. The van der Waals surface area contributed by atoms with Gasteiger partial charge >= 0.3 is 0 Å². The zero-order chi connectivity index (χ0) is 20.0. The summed E-state index contributed by atoms with van der Waals surface area (Å²) in [7, 11) is 0. The van der Waals surface area contributed by atoms with Crippen LogP contribution in [0.15, 0.2) is 84.0 Å². The molecule has 0 aliphatic carbocycles. The second-order valence-electron chi connectivity index (χ2n) is 7.16. The van der Waals surface area contributed by atoms with Crippen molar-refractivity contribution in [2.45, 2.75) is 30.4 Å². The van der Waals surface area contributed by atoms with Crippen LogP contribution in [0.25, 0.3) is 0 Å². The molecule has 0 aliphatic heterocycles. The van der Waals surface area contributed by atoms with E-state index in [2.05, 4.69) is 50.2 Å². The Morgan fingerprint density at radius 3 is 2.29 bits per heavy atom. The minimum Gasteiger partial charge on any atom is -0.618 e. The number of aliphatic hydroxyl groups is 1. The molecule has 3 aromatic rings. The normalized spacial score (nSPS) is 12.5. The third-order valence-electron chi connectivity index (χ3n) is 4.73. The van der Waals surface area contributed by atoms with Crippen LogP contribution in [0.4, 0.5) is 0 Å². The first kappa shape index (κ1) is 20.2. The molecule has 0 saturated heterocycles. The number of pyridine rings is 1. The molecule has 4 nitrogen and oxygen atoms in total. The SMILES string of the molecule is CC(C)(c1ccccc1)c1ccc(OCC(O)CSc2cccc[n+]2[O-])cc1. The van der Waals surface area contributed by atoms with E-state index < -0.39 is 6.10 Å². The third kappa shape index (κ3) is 5.06. The van der Waals surface area contributed by atoms with Crippen LogP contribution in [0.1, 0.15) is 25.0 Å². The van der Waals surface area contributed by atoms with Gasteiger partial charge in [-0.05, 0) is 29.3 Å². The Bertz CT molecular complexity index is 882. The Hall–Kier alpha value is -2.50. The molecule has 1 atom stereocenters. The van der Waals surface area contributed by atoms with Crippen LogP contribution in [-0.4, -0.2) is 23.6 Å². The molecule has 0 amide bonds. The summed E-state index contributed by atoms with van der Waals surface area (Å²) in [4.78, 5) is 0. The zero-order valence-corrected chi connectivity index (χ0v) is 16.9. The van der Waals surface area contributed by atoms with Gasteiger partial charge in [-0.25, -0.2) is 0 Å². The van der Waals surface area contributed by atoms with E-state index in [9.17, 15) is 10.3 Å². The van der Waals surface area contributed by atoms with Crippen molar-refractivity contribution in [3.63, 3.8) is 0 Å². The molecule has 5 heteroatoms. The van der Waals surface area contributed by atoms with E-state index in [-0.39, 0.29) is 12.0 Å². The molecule has 1 aromatic heterocycles. The fraction of sp³-hybridized carbons (Fsp3) is 0.261. The van der Waals surface area contributed by atoms with E-state index in [1.807, 2.05) is 18.2 Å². The maximum absolute atomic E-state index is 11.6. The Labute approximate surface area is 170 Å². The minimum atomic E-state index is -0.661. The molecule has 2 aromatic carbocycles. The van der Waals surface area contributed by atoms with Crippen molar-refractivity contribution in [2.75, 3.05) is 12.4 Å². The molecule has 1 unspecified atom stereocenters. The smallest absolute Gasteiger partial charge is 0.251 e. The van der Waals surface area contributed by atoms with Gasteiger partial charge in [-0.3, -0.25) is 0 Å². The van der Waals surface area contributed by atoms with E-state index in [1.165, 1.54) is 29.1 Å². The lowest BCUT2D eigenvalue weighted by Gasteiger charge is -2.26. The van der Waals surface area contributed by atoms with Gasteiger partial charge in [-0.2, -0.15) is 4.73 Å². The standard InChI is InChI=1S/C23H25NO3S/c1-23(2,18-8-4-3-5-9-18)19-11-13-21(14-12-19)27-16-20(25)17-28-22-10-6-7-15-24(22)26/h3-15,20,25H,16-17H2,1-2H3. The summed E-state index contributed by atoms with van der Waals surface area (Å²) >= 11 is 1.31. The summed E-state index contributed by atoms with van der Waals surface area (Å²) in [6.45, 7) is 4.58. The molecule has 0 saturated carbocycles. The van der Waals surface area contributed by atoms with Crippen LogP contribution in [0.5, 0.6) is 5.75 Å². The summed E-state index contributed by atoms with van der Waals surface area (Å²) in [6.07, 6.45) is 0.787. The summed E-state index contributed by atoms with van der Waals surface area (Å²) in [5, 5.41) is 22.3. The topological polar surface area (TPSA) is 56.4 Å². The monoisotopic (exact) mass is 395 g/mol. The summed E-state index contributed by atoms with van der Waals surface area (Å²) in [5.74, 6) is 1.11. The summed E-state index contributed by atoms with van der Waals surface area (Å²) < 4.78 is 6.51. The number of aromatic nitrogens is 1. The predicted octanol–water partition coefficient (Wildman–Crippen LogP) is 4.18. The number of ether oxygens (including phenoxy) is 1. The molecule has 3 rings (SSSR count). The first-order valence-electron chi connectivity index (χ1n) is 9.25. The maximum Gasteiger partial charge on any atom is 0.251 e. The second-order valence-corrected chi connectivity index (χ2v) is 8.20. The second kappa shape index (κ2) is 9.13. The van der Waals surface area contributed by atoms with Crippen LogP contribution in [0.3, 0.4) is 0 Å². The average Bonchev–Trinajstić information content (AvgIpc) is 2.72. The number of nitrogens with zero attached hydrogens (tertiary/aromatic N) is 1. The highest BCUT2D eigenvalue weighted by molar-refractivity contribution is 7.99. The van der Waals surface area contributed by atoms with Crippen LogP contribution in [-0.2, 0) is 5.41 Å². The van der Waals surface area contributed by atoms with Crippen molar-refractivity contribution in [1.82, 2.24) is 0 Å². The van der Waals surface area contributed by atoms with Gasteiger partial charge in [0, 0.05) is 23.3 Å². The molecule has 0 bridgehead atoms. The number of thioether (sulfide) groups is 1. The largest absolute Gasteiger partial charge is 0.618 e. The first-order chi connectivity index (χ1) is 13.5. The van der Waals surface area contributed by atoms with E-state index >= 15 is 0 Å². The average molecular weight is 396 g/mol. The van der Waals surface area contributed by atoms with Crippen molar-refractivity contribution in [2.24, 2.45) is 0 Å². The fourth-order valence-corrected chi connectivity index (χ4v) is 3.76. The molecule has 1 N–H and O–H groups in total. The van der Waals surface area contributed by atoms with Crippen LogP contribution >= 0.6 is 11.8 Å². The van der Waals surface area contributed by atoms with Gasteiger partial charge in [0.05, 0.1) is 6.10 Å². The molecular weight excluding hydrogens is 370 g/mol. The van der Waals surface area contributed by atoms with Crippen LogP contribution in [0, 0.1) is 5.21 Å². The van der Waals surface area contributed by atoms with Gasteiger partial charge in [0.2, 0.25) is 0 Å². The zero-order valence-electron chi connectivity index (χ0n) is 16.1. The molecule has 1 heterocycles. The lowest BCUT2D eigenvalue weighted by Crippen LogP contribution is -2.29. The highest BCUT2D eigenvalue weighted by Gasteiger charge is 2.22. The minimum absolute atomic E-state index is 0.0979. The molecule has 28 heavy (non-hydrogen) atoms. The Morgan fingerprint density at radius 2 is 1.61 bits per heavy atom. The quantitative estimate of drug-likeness (QED) is 0.353. The molecule has 0 spiro atoms. The molecule has 0 fully saturated rings. The van der Waals surface area contributed by atoms with Crippen molar-refractivity contribution in [1.29, 1.82) is 0 Å². The lowest BCUT2D eigenvalue weighted by molar-refractivity contribution is -0.645. The number of hydrogen-bond acceptors (Lipinski definition) is 4. The molecule has 146 valence electrons. The van der Waals surface area contributed by atoms with Gasteiger partial charge in [0.15, 0.2) is 6.20 Å². The van der Waals surface area contributed by atoms with Crippen molar-refractivity contribution in [3.8, 4) is 5.75 Å². The van der Waals surface area contributed by atoms with E-state index in [1.54, 1.807) is 18.2 Å². The van der Waals surface area contributed by atoms with E-state index in [0.717, 1.165) is 10.5 Å². The fourth-order valence-electron chi connectivity index (χ4n) is 2.94. The predicted molar refractivity (Wildman–Crippen MR) is 113 cm³/mol. The van der Waals surface area contributed by atoms with E-state index in [0.29, 0.717) is 10.8 Å². The molecule has 0 aliphatic rings. The molecule has 0 radical (unpaired) electrons. The van der Waals surface area contributed by atoms with Crippen molar-refractivity contribution < 1.29 is 14.6 Å². The van der Waals surface area contributed by atoms with Gasteiger partial charge < -0.3 is 15.1 Å². The Morgan fingerprint density at radius 1 is 0.964 bits per heavy atom. The van der Waals surface area contributed by atoms with Gasteiger partial charge in [0.25, 0.3) is 5.03 Å². The van der Waals surface area contributed by atoms with Gasteiger partial charge in [-0.1, -0.05) is 68.1 Å². The number of aliphatic hydroxyl groups excluding tert-OH is 1. The third-order valence-corrected chi connectivity index (χ3v) is 5.89. The summed E-state index contributed by atoms with van der Waals surface area (Å²) in [6, 6.07) is 23.6. The number of rotatable bonds is 8. The van der Waals surface area contributed by atoms with E-state index in [4.69, 9.17) is 4.74 Å². The molecular formula is C23H25NO3S. The first-order valence-corrected chi connectivity index (χ1v) is 10.2. The number of benzene rings is 2. The van der Waals surface area contributed by atoms with Crippen LogP contribution in [0.2, 0.25) is 0 Å². The van der Waals surface area contributed by atoms with Crippen molar-refractivity contribution in [3.05, 3.63) is 95.3 Å². The van der Waals surface area contributed by atoms with Gasteiger partial charge in [0.1, 0.15) is 12.4 Å². The van der Waals surface area contributed by atoms with Crippen molar-refractivity contribution >= 4 is 11.8 Å². The Balaban J connectivity index is 1.54. The number of hydrogen-bond donors (Lipinski definition) is 1. The lowest BCUT2D eigenvalue weighted by atomic mass is 9.78.